The number of rotatable bonds is 6. The van der Waals surface area contributed by atoms with Crippen molar-refractivity contribution in [2.75, 3.05) is 26.1 Å². The fourth-order valence-corrected chi connectivity index (χ4v) is 3.41. The van der Waals surface area contributed by atoms with Gasteiger partial charge in [0.15, 0.2) is 5.13 Å². The highest BCUT2D eigenvalue weighted by atomic mass is 32.1. The Morgan fingerprint density at radius 3 is 2.52 bits per heavy atom. The number of hydrogen-bond donors (Lipinski definition) is 2. The van der Waals surface area contributed by atoms with Crippen LogP contribution in [0.2, 0.25) is 0 Å². The van der Waals surface area contributed by atoms with Crippen molar-refractivity contribution < 1.29 is 14.3 Å². The Labute approximate surface area is 149 Å². The summed E-state index contributed by atoms with van der Waals surface area (Å²) in [6, 6.07) is 13.3. The first kappa shape index (κ1) is 17.0. The molecule has 0 radical (unpaired) electrons. The van der Waals surface area contributed by atoms with Crippen molar-refractivity contribution in [2.45, 2.75) is 6.42 Å². The van der Waals surface area contributed by atoms with Crippen LogP contribution in [0.15, 0.2) is 42.5 Å². The maximum absolute atomic E-state index is 12.1. The Morgan fingerprint density at radius 2 is 1.80 bits per heavy atom. The number of aromatic nitrogens is 1. The van der Waals surface area contributed by atoms with Crippen LogP contribution in [0, 0.1) is 0 Å². The van der Waals surface area contributed by atoms with Crippen molar-refractivity contribution in [3.63, 3.8) is 0 Å². The molecule has 7 heteroatoms. The van der Waals surface area contributed by atoms with Crippen LogP contribution >= 0.6 is 11.3 Å². The van der Waals surface area contributed by atoms with E-state index in [4.69, 9.17) is 9.47 Å². The molecule has 0 aliphatic heterocycles. The number of thiazole rings is 1. The molecule has 0 saturated carbocycles. The Kier molecular flexibility index (Phi) is 5.35. The zero-order valence-electron chi connectivity index (χ0n) is 14.0. The van der Waals surface area contributed by atoms with E-state index in [1.165, 1.54) is 16.9 Å². The van der Waals surface area contributed by atoms with Crippen LogP contribution < -0.4 is 20.1 Å². The second-order valence-electron chi connectivity index (χ2n) is 5.28. The highest BCUT2D eigenvalue weighted by molar-refractivity contribution is 7.22. The summed E-state index contributed by atoms with van der Waals surface area (Å²) in [5, 5.41) is 6.10. The van der Waals surface area contributed by atoms with E-state index in [2.05, 4.69) is 15.6 Å². The van der Waals surface area contributed by atoms with Gasteiger partial charge in [0.1, 0.15) is 21.7 Å². The summed E-state index contributed by atoms with van der Waals surface area (Å²) in [5.74, 6) is 1.34. The van der Waals surface area contributed by atoms with Gasteiger partial charge in [-0.15, -0.1) is 0 Å². The average Bonchev–Trinajstić information content (AvgIpc) is 3.05. The molecule has 6 nitrogen and oxygen atoms in total. The SMILES string of the molecule is COc1ccc(OC)c2sc(NC(=O)NCCc3ccccc3)nc12. The quantitative estimate of drug-likeness (QED) is 0.706. The molecule has 130 valence electrons. The number of hydrogen-bond acceptors (Lipinski definition) is 5. The predicted molar refractivity (Wildman–Crippen MR) is 99.9 cm³/mol. The van der Waals surface area contributed by atoms with Gasteiger partial charge in [-0.05, 0) is 24.1 Å². The molecule has 0 atom stereocenters. The predicted octanol–water partition coefficient (Wildman–Crippen LogP) is 3.68. The number of ether oxygens (including phenoxy) is 2. The minimum Gasteiger partial charge on any atom is -0.495 e. The highest BCUT2D eigenvalue weighted by Gasteiger charge is 2.14. The van der Waals surface area contributed by atoms with E-state index in [9.17, 15) is 4.79 Å². The molecule has 25 heavy (non-hydrogen) atoms. The third kappa shape index (κ3) is 4.00. The Morgan fingerprint density at radius 1 is 1.08 bits per heavy atom. The van der Waals surface area contributed by atoms with E-state index >= 15 is 0 Å². The van der Waals surface area contributed by atoms with Crippen LogP contribution in [0.3, 0.4) is 0 Å². The van der Waals surface area contributed by atoms with Crippen molar-refractivity contribution in [3.05, 3.63) is 48.0 Å². The van der Waals surface area contributed by atoms with Gasteiger partial charge in [0.25, 0.3) is 0 Å². The van der Waals surface area contributed by atoms with Crippen LogP contribution in [-0.4, -0.2) is 31.8 Å². The van der Waals surface area contributed by atoms with Gasteiger partial charge in [-0.3, -0.25) is 5.32 Å². The monoisotopic (exact) mass is 357 g/mol. The lowest BCUT2D eigenvalue weighted by Crippen LogP contribution is -2.30. The molecule has 2 N–H and O–H groups in total. The van der Waals surface area contributed by atoms with Gasteiger partial charge in [-0.1, -0.05) is 41.7 Å². The van der Waals surface area contributed by atoms with Gasteiger partial charge in [-0.2, -0.15) is 0 Å². The molecular weight excluding hydrogens is 338 g/mol. The van der Waals surface area contributed by atoms with Gasteiger partial charge in [0.2, 0.25) is 0 Å². The molecule has 1 aromatic heterocycles. The number of carbonyl (C=O) groups excluding carboxylic acids is 1. The second-order valence-corrected chi connectivity index (χ2v) is 6.28. The summed E-state index contributed by atoms with van der Waals surface area (Å²) in [6.07, 6.45) is 0.774. The summed E-state index contributed by atoms with van der Waals surface area (Å²) in [5.41, 5.74) is 1.85. The fourth-order valence-electron chi connectivity index (χ4n) is 2.45. The number of amides is 2. The standard InChI is InChI=1S/C18H19N3O3S/c1-23-13-8-9-14(24-2)16-15(13)20-18(25-16)21-17(22)19-11-10-12-6-4-3-5-7-12/h3-9H,10-11H2,1-2H3,(H2,19,20,21,22). The van der Waals surface area contributed by atoms with Gasteiger partial charge in [-0.25, -0.2) is 9.78 Å². The first-order valence-electron chi connectivity index (χ1n) is 7.81. The number of fused-ring (bicyclic) bond motifs is 1. The van der Waals surface area contributed by atoms with Crippen molar-refractivity contribution in [1.82, 2.24) is 10.3 Å². The van der Waals surface area contributed by atoms with Gasteiger partial charge in [0, 0.05) is 6.54 Å². The number of methoxy groups -OCH3 is 2. The number of anilines is 1. The normalized spacial score (nSPS) is 10.5. The Balaban J connectivity index is 1.65. The van der Waals surface area contributed by atoms with E-state index in [-0.39, 0.29) is 6.03 Å². The van der Waals surface area contributed by atoms with E-state index in [0.29, 0.717) is 28.7 Å². The van der Waals surface area contributed by atoms with Crippen LogP contribution in [0.5, 0.6) is 11.5 Å². The van der Waals surface area contributed by atoms with Crippen LogP contribution in [-0.2, 0) is 6.42 Å². The number of nitrogens with one attached hydrogen (secondary N) is 2. The van der Waals surface area contributed by atoms with Crippen molar-refractivity contribution in [1.29, 1.82) is 0 Å². The highest BCUT2D eigenvalue weighted by Crippen LogP contribution is 2.38. The third-order valence-corrected chi connectivity index (χ3v) is 4.66. The lowest BCUT2D eigenvalue weighted by Gasteiger charge is -2.05. The average molecular weight is 357 g/mol. The Bertz CT molecular complexity index is 824. The maximum Gasteiger partial charge on any atom is 0.321 e. The van der Waals surface area contributed by atoms with Crippen LogP contribution in [0.25, 0.3) is 10.2 Å². The smallest absolute Gasteiger partial charge is 0.321 e. The largest absolute Gasteiger partial charge is 0.495 e. The summed E-state index contributed by atoms with van der Waals surface area (Å²) in [4.78, 5) is 16.5. The van der Waals surface area contributed by atoms with Crippen LogP contribution in [0.1, 0.15) is 5.56 Å². The minimum absolute atomic E-state index is 0.284. The van der Waals surface area contributed by atoms with E-state index in [1.54, 1.807) is 20.3 Å². The van der Waals surface area contributed by atoms with Gasteiger partial charge >= 0.3 is 6.03 Å². The summed E-state index contributed by atoms with van der Waals surface area (Å²) < 4.78 is 11.5. The lowest BCUT2D eigenvalue weighted by atomic mass is 10.1. The van der Waals surface area contributed by atoms with Crippen LogP contribution in [0.4, 0.5) is 9.93 Å². The fraction of sp³-hybridized carbons (Fsp3) is 0.222. The molecule has 3 rings (SSSR count). The molecule has 2 amide bonds. The summed E-state index contributed by atoms with van der Waals surface area (Å²) >= 11 is 1.35. The third-order valence-electron chi connectivity index (χ3n) is 3.67. The van der Waals surface area contributed by atoms with E-state index in [1.807, 2.05) is 36.4 Å². The first-order valence-corrected chi connectivity index (χ1v) is 8.63. The molecule has 0 bridgehead atoms. The molecule has 2 aromatic carbocycles. The topological polar surface area (TPSA) is 72.5 Å². The Hall–Kier alpha value is -2.80. The van der Waals surface area contributed by atoms with E-state index in [0.717, 1.165) is 11.1 Å². The second kappa shape index (κ2) is 7.85. The molecule has 0 unspecified atom stereocenters. The molecule has 0 aliphatic rings. The zero-order chi connectivity index (χ0) is 17.6. The van der Waals surface area contributed by atoms with E-state index < -0.39 is 0 Å². The summed E-state index contributed by atoms with van der Waals surface area (Å²) in [7, 11) is 3.19. The molecule has 0 saturated heterocycles. The number of urea groups is 1. The molecule has 0 aliphatic carbocycles. The molecule has 1 heterocycles. The molecular formula is C18H19N3O3S. The molecule has 0 spiro atoms. The van der Waals surface area contributed by atoms with Gasteiger partial charge in [0.05, 0.1) is 14.2 Å². The van der Waals surface area contributed by atoms with Crippen molar-refractivity contribution in [2.24, 2.45) is 0 Å². The van der Waals surface area contributed by atoms with Crippen molar-refractivity contribution in [3.8, 4) is 11.5 Å². The lowest BCUT2D eigenvalue weighted by molar-refractivity contribution is 0.252. The first-order chi connectivity index (χ1) is 12.2. The maximum atomic E-state index is 12.1. The number of carbonyl (C=O) groups is 1. The minimum atomic E-state index is -0.284. The molecule has 3 aromatic rings. The van der Waals surface area contributed by atoms with Crippen molar-refractivity contribution >= 4 is 32.7 Å². The molecule has 0 fully saturated rings. The summed E-state index contributed by atoms with van der Waals surface area (Å²) in [6.45, 7) is 0.549. The van der Waals surface area contributed by atoms with Gasteiger partial charge < -0.3 is 14.8 Å². The number of benzene rings is 2. The zero-order valence-corrected chi connectivity index (χ0v) is 14.9. The number of nitrogens with zero attached hydrogens (tertiary/aromatic N) is 1.